The molecular formula is C18H16FN3O2. The van der Waals surface area contributed by atoms with Crippen molar-refractivity contribution in [2.24, 2.45) is 0 Å². The van der Waals surface area contributed by atoms with Crippen molar-refractivity contribution in [2.75, 3.05) is 6.61 Å². The predicted molar refractivity (Wildman–Crippen MR) is 89.0 cm³/mol. The molecule has 0 saturated carbocycles. The summed E-state index contributed by atoms with van der Waals surface area (Å²) in [6, 6.07) is 11.2. The van der Waals surface area contributed by atoms with Crippen molar-refractivity contribution < 1.29 is 14.3 Å². The van der Waals surface area contributed by atoms with Crippen LogP contribution in [0, 0.1) is 18.2 Å². The van der Waals surface area contributed by atoms with Crippen molar-refractivity contribution in [3.05, 3.63) is 59.4 Å². The van der Waals surface area contributed by atoms with Gasteiger partial charge >= 0.3 is 0 Å². The number of benzene rings is 2. The first-order valence-electron chi connectivity index (χ1n) is 7.18. The summed E-state index contributed by atoms with van der Waals surface area (Å²) in [6.07, 6.45) is 4.60. The van der Waals surface area contributed by atoms with Gasteiger partial charge in [0.15, 0.2) is 5.78 Å². The van der Waals surface area contributed by atoms with Gasteiger partial charge in [0.1, 0.15) is 17.9 Å². The van der Waals surface area contributed by atoms with Gasteiger partial charge in [-0.3, -0.25) is 4.79 Å². The van der Waals surface area contributed by atoms with Crippen LogP contribution in [0.4, 0.5) is 4.39 Å². The highest BCUT2D eigenvalue weighted by atomic mass is 19.1. The molecule has 0 aliphatic carbocycles. The van der Waals surface area contributed by atoms with Gasteiger partial charge in [-0.15, -0.1) is 17.4 Å². The summed E-state index contributed by atoms with van der Waals surface area (Å²) in [5, 5.41) is 16.7. The van der Waals surface area contributed by atoms with Gasteiger partial charge < -0.3 is 5.11 Å². The van der Waals surface area contributed by atoms with E-state index < -0.39 is 6.61 Å². The van der Waals surface area contributed by atoms with E-state index in [1.54, 1.807) is 41.9 Å². The lowest BCUT2D eigenvalue weighted by Crippen LogP contribution is -2.05. The van der Waals surface area contributed by atoms with Gasteiger partial charge in [-0.2, -0.15) is 0 Å². The maximum Gasteiger partial charge on any atom is 0.188 e. The Morgan fingerprint density at radius 2 is 1.96 bits per heavy atom. The number of hydrogen-bond acceptors (Lipinski definition) is 4. The number of carbonyl (C=O) groups excluding carboxylic acids is 1. The van der Waals surface area contributed by atoms with Crippen molar-refractivity contribution in [1.29, 1.82) is 0 Å². The summed E-state index contributed by atoms with van der Waals surface area (Å²) in [6.45, 7) is 1.62. The molecule has 0 aliphatic rings. The van der Waals surface area contributed by atoms with Crippen LogP contribution in [0.1, 0.15) is 22.8 Å². The number of nitrogens with zero attached hydrogens (tertiary/aromatic N) is 3. The van der Waals surface area contributed by atoms with E-state index in [-0.39, 0.29) is 11.6 Å². The van der Waals surface area contributed by atoms with Crippen molar-refractivity contribution in [3.63, 3.8) is 0 Å². The lowest BCUT2D eigenvalue weighted by molar-refractivity contribution is 0.0903. The predicted octanol–water partition coefficient (Wildman–Crippen LogP) is 2.43. The van der Waals surface area contributed by atoms with E-state index in [1.165, 1.54) is 12.1 Å². The van der Waals surface area contributed by atoms with Crippen LogP contribution < -0.4 is 0 Å². The van der Waals surface area contributed by atoms with E-state index in [9.17, 15) is 9.18 Å². The number of Topliss-reactive ketones (excluding diaryl/α,β-unsaturated/α-hetero) is 1. The van der Waals surface area contributed by atoms with Crippen LogP contribution in [0.25, 0.3) is 11.0 Å². The monoisotopic (exact) mass is 325 g/mol. The zero-order valence-corrected chi connectivity index (χ0v) is 13.1. The molecule has 3 rings (SSSR count). The third kappa shape index (κ3) is 4.03. The molecule has 122 valence electrons. The fourth-order valence-electron chi connectivity index (χ4n) is 2.12. The van der Waals surface area contributed by atoms with E-state index in [0.29, 0.717) is 17.6 Å². The van der Waals surface area contributed by atoms with Gasteiger partial charge in [0.05, 0.1) is 12.1 Å². The van der Waals surface area contributed by atoms with E-state index >= 15 is 0 Å². The van der Waals surface area contributed by atoms with Crippen molar-refractivity contribution in [2.45, 2.75) is 13.5 Å². The molecule has 0 saturated heterocycles. The molecule has 0 spiro atoms. The number of carbonyl (C=O) groups is 1. The molecule has 1 heterocycles. The van der Waals surface area contributed by atoms with Crippen molar-refractivity contribution in [1.82, 2.24) is 15.0 Å². The minimum atomic E-state index is -0.501. The number of aliphatic hydroxyl groups is 1. The first-order valence-corrected chi connectivity index (χ1v) is 7.18. The second-order valence-electron chi connectivity index (χ2n) is 4.95. The fourth-order valence-corrected chi connectivity index (χ4v) is 2.12. The van der Waals surface area contributed by atoms with Gasteiger partial charge in [-0.25, -0.2) is 9.07 Å². The minimum absolute atomic E-state index is 0.316. The summed E-state index contributed by atoms with van der Waals surface area (Å²) in [5.41, 5.74) is 2.64. The topological polar surface area (TPSA) is 68.0 Å². The summed E-state index contributed by atoms with van der Waals surface area (Å²) in [5.74, 6) is 1.59. The lowest BCUT2D eigenvalue weighted by Gasteiger charge is -2.04. The number of aliphatic hydroxyl groups excluding tert-OH is 1. The fraction of sp³-hybridized carbons (Fsp3) is 0.167. The van der Waals surface area contributed by atoms with E-state index in [0.717, 1.165) is 11.1 Å². The lowest BCUT2D eigenvalue weighted by atomic mass is 10.1. The Bertz CT molecular complexity index is 879. The first kappa shape index (κ1) is 17.3. The quantitative estimate of drug-likeness (QED) is 0.591. The van der Waals surface area contributed by atoms with Crippen LogP contribution in [0.15, 0.2) is 42.5 Å². The molecule has 3 aromatic rings. The van der Waals surface area contributed by atoms with Gasteiger partial charge in [0.2, 0.25) is 0 Å². The number of aromatic nitrogens is 3. The van der Waals surface area contributed by atoms with E-state index in [4.69, 9.17) is 5.11 Å². The number of ketones is 1. The Balaban J connectivity index is 0.000000647. The standard InChI is InChI=1S/C15H12FN3O2.C3H4/c16-12-5-6-14-13(7-12)17-18-19(14)8-10-1-3-11(4-2-10)15(21)9-20;1-3-2/h1-7,20H,8-9H2;1H,2H3. The smallest absolute Gasteiger partial charge is 0.188 e. The Kier molecular flexibility index (Phi) is 5.77. The van der Waals surface area contributed by atoms with E-state index in [2.05, 4.69) is 22.7 Å². The summed E-state index contributed by atoms with van der Waals surface area (Å²) >= 11 is 0. The number of rotatable bonds is 4. The highest BCUT2D eigenvalue weighted by molar-refractivity contribution is 5.96. The SMILES string of the molecule is C#CC.O=C(CO)c1ccc(Cn2nnc3cc(F)ccc32)cc1. The molecule has 0 fully saturated rings. The molecule has 1 aromatic heterocycles. The average molecular weight is 325 g/mol. The third-order valence-corrected chi connectivity index (χ3v) is 3.23. The van der Waals surface area contributed by atoms with Crippen LogP contribution in [0.5, 0.6) is 0 Å². The van der Waals surface area contributed by atoms with Crippen LogP contribution in [0.2, 0.25) is 0 Å². The summed E-state index contributed by atoms with van der Waals surface area (Å²) in [4.78, 5) is 11.3. The molecule has 2 aromatic carbocycles. The van der Waals surface area contributed by atoms with Gasteiger partial charge in [-0.05, 0) is 24.6 Å². The van der Waals surface area contributed by atoms with Gasteiger partial charge in [-0.1, -0.05) is 29.5 Å². The van der Waals surface area contributed by atoms with Crippen molar-refractivity contribution >= 4 is 16.8 Å². The number of terminal acetylenes is 1. The van der Waals surface area contributed by atoms with Crippen LogP contribution in [-0.2, 0) is 6.54 Å². The normalized spacial score (nSPS) is 9.92. The zero-order valence-electron chi connectivity index (χ0n) is 13.1. The summed E-state index contributed by atoms with van der Waals surface area (Å²) < 4.78 is 14.8. The molecule has 0 atom stereocenters. The second kappa shape index (κ2) is 7.99. The molecule has 0 unspecified atom stereocenters. The molecule has 6 heteroatoms. The molecule has 1 N–H and O–H groups in total. The highest BCUT2D eigenvalue weighted by Gasteiger charge is 2.07. The van der Waals surface area contributed by atoms with Crippen LogP contribution >= 0.6 is 0 Å². The maximum absolute atomic E-state index is 13.1. The molecular weight excluding hydrogens is 309 g/mol. The van der Waals surface area contributed by atoms with Crippen LogP contribution in [-0.4, -0.2) is 32.5 Å². The van der Waals surface area contributed by atoms with Crippen molar-refractivity contribution in [3.8, 4) is 12.3 Å². The molecule has 0 bridgehead atoms. The molecule has 5 nitrogen and oxygen atoms in total. The van der Waals surface area contributed by atoms with Crippen LogP contribution in [0.3, 0.4) is 0 Å². The number of halogens is 1. The Morgan fingerprint density at radius 3 is 2.58 bits per heavy atom. The minimum Gasteiger partial charge on any atom is -0.388 e. The van der Waals surface area contributed by atoms with Gasteiger partial charge in [0.25, 0.3) is 0 Å². The molecule has 24 heavy (non-hydrogen) atoms. The molecule has 0 amide bonds. The average Bonchev–Trinajstić information content (AvgIpc) is 2.97. The zero-order chi connectivity index (χ0) is 17.5. The number of hydrogen-bond donors (Lipinski definition) is 1. The summed E-state index contributed by atoms with van der Waals surface area (Å²) in [7, 11) is 0. The third-order valence-electron chi connectivity index (χ3n) is 3.23. The Hall–Kier alpha value is -3.04. The highest BCUT2D eigenvalue weighted by Crippen LogP contribution is 2.14. The van der Waals surface area contributed by atoms with E-state index in [1.807, 2.05) is 0 Å². The first-order chi connectivity index (χ1) is 11.6. The Morgan fingerprint density at radius 1 is 1.29 bits per heavy atom. The van der Waals surface area contributed by atoms with Gasteiger partial charge in [0, 0.05) is 11.6 Å². The Labute approximate surface area is 138 Å². The second-order valence-corrected chi connectivity index (χ2v) is 4.95. The maximum atomic E-state index is 13.1. The molecule has 0 radical (unpaired) electrons. The largest absolute Gasteiger partial charge is 0.388 e. The number of fused-ring (bicyclic) bond motifs is 1. The molecule has 0 aliphatic heterocycles.